The van der Waals surface area contributed by atoms with Crippen molar-refractivity contribution in [1.82, 2.24) is 5.32 Å². The molecule has 1 aromatic carbocycles. The van der Waals surface area contributed by atoms with Gasteiger partial charge in [-0.1, -0.05) is 17.7 Å². The fourth-order valence-corrected chi connectivity index (χ4v) is 2.85. The minimum absolute atomic E-state index is 0.0446. The highest BCUT2D eigenvalue weighted by molar-refractivity contribution is 6.31. The van der Waals surface area contributed by atoms with Crippen LogP contribution in [0, 0.1) is 5.92 Å². The van der Waals surface area contributed by atoms with Gasteiger partial charge in [-0.2, -0.15) is 0 Å². The standard InChI is InChI=1S/C14H15ClN2O2/c1-14(9-5-6-9)13(19)17(8-12(18)16-14)11-4-2-3-10(15)7-11/h2-4,7,9H,5-6,8H2,1H3,(H,16,18). The number of nitrogens with one attached hydrogen (secondary N) is 1. The van der Waals surface area contributed by atoms with Crippen molar-refractivity contribution in [2.75, 3.05) is 11.4 Å². The second-order valence-corrected chi connectivity index (χ2v) is 5.83. The number of hydrogen-bond acceptors (Lipinski definition) is 2. The number of amides is 2. The monoisotopic (exact) mass is 278 g/mol. The number of anilines is 1. The van der Waals surface area contributed by atoms with E-state index in [0.29, 0.717) is 10.7 Å². The maximum Gasteiger partial charge on any atom is 0.253 e. The van der Waals surface area contributed by atoms with Crippen LogP contribution in [0.15, 0.2) is 24.3 Å². The second kappa shape index (κ2) is 4.23. The van der Waals surface area contributed by atoms with Crippen molar-refractivity contribution in [1.29, 1.82) is 0 Å². The maximum absolute atomic E-state index is 12.7. The fraction of sp³-hybridized carbons (Fsp3) is 0.429. The molecule has 4 nitrogen and oxygen atoms in total. The Morgan fingerprint density at radius 2 is 2.11 bits per heavy atom. The van der Waals surface area contributed by atoms with E-state index in [1.165, 1.54) is 4.90 Å². The average molecular weight is 279 g/mol. The van der Waals surface area contributed by atoms with Crippen molar-refractivity contribution < 1.29 is 9.59 Å². The summed E-state index contributed by atoms with van der Waals surface area (Å²) in [6, 6.07) is 7.05. The molecule has 1 saturated carbocycles. The van der Waals surface area contributed by atoms with E-state index in [0.717, 1.165) is 12.8 Å². The zero-order valence-corrected chi connectivity index (χ0v) is 11.4. The van der Waals surface area contributed by atoms with Gasteiger partial charge < -0.3 is 10.2 Å². The van der Waals surface area contributed by atoms with Gasteiger partial charge in [0.15, 0.2) is 0 Å². The summed E-state index contributed by atoms with van der Waals surface area (Å²) in [7, 11) is 0. The minimum atomic E-state index is -0.766. The SMILES string of the molecule is CC1(C2CC2)NC(=O)CN(c2cccc(Cl)c2)C1=O. The molecule has 1 heterocycles. The Balaban J connectivity index is 1.96. The molecule has 1 atom stereocenters. The molecule has 0 bridgehead atoms. The van der Waals surface area contributed by atoms with Crippen LogP contribution in [0.1, 0.15) is 19.8 Å². The Kier molecular flexibility index (Phi) is 2.78. The lowest BCUT2D eigenvalue weighted by Crippen LogP contribution is -2.66. The molecule has 1 N–H and O–H groups in total. The topological polar surface area (TPSA) is 49.4 Å². The molecule has 100 valence electrons. The summed E-state index contributed by atoms with van der Waals surface area (Å²) in [6.45, 7) is 1.88. The van der Waals surface area contributed by atoms with Crippen molar-refractivity contribution >= 4 is 29.1 Å². The van der Waals surface area contributed by atoms with Gasteiger partial charge in [-0.15, -0.1) is 0 Å². The van der Waals surface area contributed by atoms with E-state index in [1.807, 2.05) is 6.92 Å². The van der Waals surface area contributed by atoms with Gasteiger partial charge in [-0.05, 0) is 43.9 Å². The first-order chi connectivity index (χ1) is 9.00. The molecule has 0 aromatic heterocycles. The van der Waals surface area contributed by atoms with Crippen LogP contribution in [0.4, 0.5) is 5.69 Å². The van der Waals surface area contributed by atoms with Gasteiger partial charge in [0, 0.05) is 10.7 Å². The number of nitrogens with zero attached hydrogens (tertiary/aromatic N) is 1. The van der Waals surface area contributed by atoms with Gasteiger partial charge in [0.1, 0.15) is 12.1 Å². The van der Waals surface area contributed by atoms with Crippen LogP contribution < -0.4 is 10.2 Å². The number of halogens is 1. The predicted molar refractivity (Wildman–Crippen MR) is 73.1 cm³/mol. The molecule has 1 aromatic rings. The fourth-order valence-electron chi connectivity index (χ4n) is 2.67. The minimum Gasteiger partial charge on any atom is -0.340 e. The van der Waals surface area contributed by atoms with Gasteiger partial charge in [0.05, 0.1) is 0 Å². The lowest BCUT2D eigenvalue weighted by Gasteiger charge is -2.40. The van der Waals surface area contributed by atoms with Crippen molar-refractivity contribution in [2.45, 2.75) is 25.3 Å². The van der Waals surface area contributed by atoms with Crippen LogP contribution >= 0.6 is 11.6 Å². The highest BCUT2D eigenvalue weighted by atomic mass is 35.5. The van der Waals surface area contributed by atoms with Crippen LogP contribution in [0.3, 0.4) is 0 Å². The van der Waals surface area contributed by atoms with E-state index in [-0.39, 0.29) is 24.3 Å². The molecule has 0 spiro atoms. The van der Waals surface area contributed by atoms with Crippen LogP contribution in [0.5, 0.6) is 0 Å². The molecular weight excluding hydrogens is 264 g/mol. The predicted octanol–water partition coefficient (Wildman–Crippen LogP) is 1.97. The molecule has 2 fully saturated rings. The lowest BCUT2D eigenvalue weighted by molar-refractivity contribution is -0.136. The Labute approximate surface area is 116 Å². The maximum atomic E-state index is 12.7. The van der Waals surface area contributed by atoms with Crippen molar-refractivity contribution in [2.24, 2.45) is 5.92 Å². The summed E-state index contributed by atoms with van der Waals surface area (Å²) in [6.07, 6.45) is 1.98. The Bertz CT molecular complexity index is 556. The molecule has 1 aliphatic heterocycles. The van der Waals surface area contributed by atoms with E-state index in [1.54, 1.807) is 24.3 Å². The quantitative estimate of drug-likeness (QED) is 0.899. The number of piperazine rings is 1. The van der Waals surface area contributed by atoms with Gasteiger partial charge in [0.2, 0.25) is 5.91 Å². The van der Waals surface area contributed by atoms with Crippen LogP contribution in [0.2, 0.25) is 5.02 Å². The largest absolute Gasteiger partial charge is 0.340 e. The first-order valence-electron chi connectivity index (χ1n) is 6.39. The average Bonchev–Trinajstić information content (AvgIpc) is 3.18. The molecule has 3 rings (SSSR count). The van der Waals surface area contributed by atoms with Crippen LogP contribution in [-0.2, 0) is 9.59 Å². The van der Waals surface area contributed by atoms with Gasteiger partial charge in [0.25, 0.3) is 5.91 Å². The van der Waals surface area contributed by atoms with Crippen molar-refractivity contribution in [3.8, 4) is 0 Å². The summed E-state index contributed by atoms with van der Waals surface area (Å²) in [5.74, 6) is 0.0942. The molecule has 5 heteroatoms. The Morgan fingerprint density at radius 1 is 1.37 bits per heavy atom. The van der Waals surface area contributed by atoms with E-state index in [4.69, 9.17) is 11.6 Å². The molecule has 19 heavy (non-hydrogen) atoms. The van der Waals surface area contributed by atoms with Gasteiger partial charge >= 0.3 is 0 Å². The number of carbonyl (C=O) groups is 2. The third-order valence-electron chi connectivity index (χ3n) is 3.90. The third kappa shape index (κ3) is 2.10. The van der Waals surface area contributed by atoms with Gasteiger partial charge in [-0.25, -0.2) is 0 Å². The molecular formula is C14H15ClN2O2. The summed E-state index contributed by atoms with van der Waals surface area (Å²) >= 11 is 5.96. The highest BCUT2D eigenvalue weighted by Crippen LogP contribution is 2.42. The second-order valence-electron chi connectivity index (χ2n) is 5.40. The lowest BCUT2D eigenvalue weighted by atomic mass is 9.91. The van der Waals surface area contributed by atoms with Crippen LogP contribution in [0.25, 0.3) is 0 Å². The number of rotatable bonds is 2. The summed E-state index contributed by atoms with van der Waals surface area (Å²) in [5, 5.41) is 3.42. The van der Waals surface area contributed by atoms with Crippen molar-refractivity contribution in [3.05, 3.63) is 29.3 Å². The molecule has 2 aliphatic rings. The summed E-state index contributed by atoms with van der Waals surface area (Å²) < 4.78 is 0. The third-order valence-corrected chi connectivity index (χ3v) is 4.14. The Morgan fingerprint density at radius 3 is 2.74 bits per heavy atom. The number of benzene rings is 1. The molecule has 1 aliphatic carbocycles. The molecule has 1 unspecified atom stereocenters. The van der Waals surface area contributed by atoms with Crippen LogP contribution in [-0.4, -0.2) is 23.9 Å². The normalized spacial score (nSPS) is 27.4. The zero-order valence-electron chi connectivity index (χ0n) is 10.6. The molecule has 0 radical (unpaired) electrons. The Hall–Kier alpha value is -1.55. The number of hydrogen-bond donors (Lipinski definition) is 1. The smallest absolute Gasteiger partial charge is 0.253 e. The molecule has 1 saturated heterocycles. The first-order valence-corrected chi connectivity index (χ1v) is 6.77. The van der Waals surface area contributed by atoms with E-state index in [2.05, 4.69) is 5.32 Å². The van der Waals surface area contributed by atoms with E-state index < -0.39 is 5.54 Å². The first kappa shape index (κ1) is 12.5. The molecule has 2 amide bonds. The van der Waals surface area contributed by atoms with E-state index >= 15 is 0 Å². The van der Waals surface area contributed by atoms with Gasteiger partial charge in [-0.3, -0.25) is 9.59 Å². The zero-order chi connectivity index (χ0) is 13.6. The number of carbonyl (C=O) groups excluding carboxylic acids is 2. The highest BCUT2D eigenvalue weighted by Gasteiger charge is 2.52. The van der Waals surface area contributed by atoms with Crippen molar-refractivity contribution in [3.63, 3.8) is 0 Å². The summed E-state index contributed by atoms with van der Waals surface area (Å²) in [5.41, 5.74) is -0.0864. The summed E-state index contributed by atoms with van der Waals surface area (Å²) in [4.78, 5) is 26.1. The van der Waals surface area contributed by atoms with E-state index in [9.17, 15) is 9.59 Å².